The maximum Gasteiger partial charge on any atom is 0.144 e. The largest absolute Gasteiger partial charge is 0.379 e. The molecule has 1 saturated heterocycles. The minimum atomic E-state index is 0.366. The number of nitrogens with one attached hydrogen (secondary N) is 1. The third kappa shape index (κ3) is 2.66. The first-order valence-corrected chi connectivity index (χ1v) is 5.90. The average Bonchev–Trinajstić information content (AvgIpc) is 2.69. The highest BCUT2D eigenvalue weighted by atomic mass is 79.9. The standard InChI is InChI=1S/C10H14BrN3O/c1-2-7-5-15-6-8(7)14-10-4-12-9(11)3-13-10/h3-4,7-8H,2,5-6H2,1H3,(H,13,14). The van der Waals surface area contributed by atoms with Gasteiger partial charge in [-0.25, -0.2) is 9.97 Å². The summed E-state index contributed by atoms with van der Waals surface area (Å²) in [5.41, 5.74) is 0. The molecule has 1 aromatic heterocycles. The lowest BCUT2D eigenvalue weighted by atomic mass is 10.0. The summed E-state index contributed by atoms with van der Waals surface area (Å²) in [6, 6.07) is 0.366. The van der Waals surface area contributed by atoms with Crippen LogP contribution in [0.15, 0.2) is 17.0 Å². The fraction of sp³-hybridized carbons (Fsp3) is 0.600. The number of ether oxygens (including phenoxy) is 1. The van der Waals surface area contributed by atoms with E-state index in [1.165, 1.54) is 0 Å². The van der Waals surface area contributed by atoms with Gasteiger partial charge >= 0.3 is 0 Å². The van der Waals surface area contributed by atoms with Crippen molar-refractivity contribution >= 4 is 21.7 Å². The van der Waals surface area contributed by atoms with E-state index >= 15 is 0 Å². The van der Waals surface area contributed by atoms with E-state index in [2.05, 4.69) is 38.1 Å². The van der Waals surface area contributed by atoms with Gasteiger partial charge in [-0.2, -0.15) is 0 Å². The molecule has 1 fully saturated rings. The predicted molar refractivity (Wildman–Crippen MR) is 61.7 cm³/mol. The zero-order valence-corrected chi connectivity index (χ0v) is 10.2. The Balaban J connectivity index is 1.99. The van der Waals surface area contributed by atoms with Crippen molar-refractivity contribution in [3.63, 3.8) is 0 Å². The van der Waals surface area contributed by atoms with Crippen LogP contribution >= 0.6 is 15.9 Å². The monoisotopic (exact) mass is 271 g/mol. The molecule has 1 aliphatic rings. The maximum absolute atomic E-state index is 5.44. The number of hydrogen-bond acceptors (Lipinski definition) is 4. The topological polar surface area (TPSA) is 47.0 Å². The van der Waals surface area contributed by atoms with Crippen LogP contribution in [0.5, 0.6) is 0 Å². The molecule has 1 N–H and O–H groups in total. The SMILES string of the molecule is CCC1COCC1Nc1cnc(Br)cn1. The molecule has 2 unspecified atom stereocenters. The molecular weight excluding hydrogens is 258 g/mol. The van der Waals surface area contributed by atoms with Crippen molar-refractivity contribution in [2.45, 2.75) is 19.4 Å². The van der Waals surface area contributed by atoms with Crippen LogP contribution in [0.3, 0.4) is 0 Å². The minimum absolute atomic E-state index is 0.366. The van der Waals surface area contributed by atoms with E-state index in [4.69, 9.17) is 4.74 Å². The second-order valence-corrected chi connectivity index (χ2v) is 4.49. The summed E-state index contributed by atoms with van der Waals surface area (Å²) < 4.78 is 6.19. The van der Waals surface area contributed by atoms with Gasteiger partial charge in [0, 0.05) is 5.92 Å². The van der Waals surface area contributed by atoms with Gasteiger partial charge in [0.15, 0.2) is 0 Å². The number of rotatable bonds is 3. The molecule has 0 spiro atoms. The summed E-state index contributed by atoms with van der Waals surface area (Å²) in [6.45, 7) is 3.79. The number of anilines is 1. The van der Waals surface area contributed by atoms with Gasteiger partial charge in [-0.3, -0.25) is 0 Å². The first-order chi connectivity index (χ1) is 7.29. The van der Waals surface area contributed by atoms with Gasteiger partial charge in [-0.05, 0) is 22.4 Å². The van der Waals surface area contributed by atoms with Gasteiger partial charge in [0.25, 0.3) is 0 Å². The highest BCUT2D eigenvalue weighted by Crippen LogP contribution is 2.20. The summed E-state index contributed by atoms with van der Waals surface area (Å²) in [6.07, 6.45) is 4.55. The van der Waals surface area contributed by atoms with Crippen LogP contribution < -0.4 is 5.32 Å². The molecule has 0 amide bonds. The molecule has 0 radical (unpaired) electrons. The number of halogens is 1. The van der Waals surface area contributed by atoms with E-state index in [0.717, 1.165) is 30.1 Å². The van der Waals surface area contributed by atoms with Crippen LogP contribution in [0, 0.1) is 5.92 Å². The van der Waals surface area contributed by atoms with Gasteiger partial charge in [-0.1, -0.05) is 6.92 Å². The molecule has 15 heavy (non-hydrogen) atoms. The van der Waals surface area contributed by atoms with Gasteiger partial charge in [0.1, 0.15) is 10.4 Å². The molecule has 0 aromatic carbocycles. The zero-order valence-electron chi connectivity index (χ0n) is 8.61. The van der Waals surface area contributed by atoms with Gasteiger partial charge in [-0.15, -0.1) is 0 Å². The summed E-state index contributed by atoms with van der Waals surface area (Å²) in [5, 5.41) is 3.35. The van der Waals surface area contributed by atoms with Crippen molar-refractivity contribution in [2.24, 2.45) is 5.92 Å². The predicted octanol–water partition coefficient (Wildman–Crippen LogP) is 2.08. The zero-order chi connectivity index (χ0) is 10.7. The molecule has 2 heterocycles. The average molecular weight is 272 g/mol. The van der Waals surface area contributed by atoms with Crippen LogP contribution in [0.1, 0.15) is 13.3 Å². The normalized spacial score (nSPS) is 25.5. The Morgan fingerprint density at radius 2 is 2.33 bits per heavy atom. The highest BCUT2D eigenvalue weighted by Gasteiger charge is 2.26. The molecule has 82 valence electrons. The van der Waals surface area contributed by atoms with Crippen LogP contribution in [-0.2, 0) is 4.74 Å². The van der Waals surface area contributed by atoms with Crippen molar-refractivity contribution in [3.05, 3.63) is 17.0 Å². The Bertz CT molecular complexity index is 317. The maximum atomic E-state index is 5.44. The minimum Gasteiger partial charge on any atom is -0.379 e. The van der Waals surface area contributed by atoms with Crippen LogP contribution in [0.4, 0.5) is 5.82 Å². The second kappa shape index (κ2) is 4.90. The summed E-state index contributed by atoms with van der Waals surface area (Å²) in [7, 11) is 0. The Kier molecular flexibility index (Phi) is 3.53. The number of aromatic nitrogens is 2. The molecule has 2 rings (SSSR count). The van der Waals surface area contributed by atoms with Crippen LogP contribution in [-0.4, -0.2) is 29.2 Å². The van der Waals surface area contributed by atoms with E-state index in [0.29, 0.717) is 12.0 Å². The van der Waals surface area contributed by atoms with Gasteiger partial charge in [0.05, 0.1) is 31.6 Å². The van der Waals surface area contributed by atoms with Crippen molar-refractivity contribution in [1.82, 2.24) is 9.97 Å². The Labute approximate surface area is 97.6 Å². The molecule has 0 aliphatic carbocycles. The van der Waals surface area contributed by atoms with E-state index in [9.17, 15) is 0 Å². The first kappa shape index (κ1) is 10.8. The van der Waals surface area contributed by atoms with Gasteiger partial charge in [0.2, 0.25) is 0 Å². The van der Waals surface area contributed by atoms with Gasteiger partial charge < -0.3 is 10.1 Å². The molecule has 4 nitrogen and oxygen atoms in total. The molecule has 0 saturated carbocycles. The molecule has 5 heteroatoms. The summed E-state index contributed by atoms with van der Waals surface area (Å²) >= 11 is 3.26. The summed E-state index contributed by atoms with van der Waals surface area (Å²) in [5.74, 6) is 1.39. The third-order valence-electron chi connectivity index (χ3n) is 2.68. The lowest BCUT2D eigenvalue weighted by Crippen LogP contribution is -2.27. The van der Waals surface area contributed by atoms with E-state index in [1.54, 1.807) is 12.4 Å². The molecule has 1 aromatic rings. The first-order valence-electron chi connectivity index (χ1n) is 5.11. The molecule has 1 aliphatic heterocycles. The van der Waals surface area contributed by atoms with Crippen LogP contribution in [0.2, 0.25) is 0 Å². The fourth-order valence-electron chi connectivity index (χ4n) is 1.74. The van der Waals surface area contributed by atoms with Crippen molar-refractivity contribution in [1.29, 1.82) is 0 Å². The lowest BCUT2D eigenvalue weighted by molar-refractivity contribution is 0.184. The quantitative estimate of drug-likeness (QED) is 0.915. The highest BCUT2D eigenvalue weighted by molar-refractivity contribution is 9.10. The van der Waals surface area contributed by atoms with Crippen molar-refractivity contribution in [3.8, 4) is 0 Å². The Hall–Kier alpha value is -0.680. The summed E-state index contributed by atoms with van der Waals surface area (Å²) in [4.78, 5) is 8.36. The molecule has 0 bridgehead atoms. The smallest absolute Gasteiger partial charge is 0.144 e. The fourth-order valence-corrected chi connectivity index (χ4v) is 1.94. The second-order valence-electron chi connectivity index (χ2n) is 3.68. The van der Waals surface area contributed by atoms with Crippen LogP contribution in [0.25, 0.3) is 0 Å². The number of hydrogen-bond donors (Lipinski definition) is 1. The van der Waals surface area contributed by atoms with E-state index < -0.39 is 0 Å². The van der Waals surface area contributed by atoms with E-state index in [1.807, 2.05) is 0 Å². The Morgan fingerprint density at radius 1 is 1.47 bits per heavy atom. The van der Waals surface area contributed by atoms with Crippen molar-refractivity contribution in [2.75, 3.05) is 18.5 Å². The molecular formula is C10H14BrN3O. The van der Waals surface area contributed by atoms with E-state index in [-0.39, 0.29) is 0 Å². The molecule has 2 atom stereocenters. The lowest BCUT2D eigenvalue weighted by Gasteiger charge is -2.17. The Morgan fingerprint density at radius 3 is 3.00 bits per heavy atom. The third-order valence-corrected chi connectivity index (χ3v) is 3.09. The number of nitrogens with zero attached hydrogens (tertiary/aromatic N) is 2. The van der Waals surface area contributed by atoms with Crippen molar-refractivity contribution < 1.29 is 4.74 Å².